The standard InChI is InChI=1S/C15H22N2O4/c1-15(2,3)21-14(19)17-8-9-20-12(10-17)13(18)11-6-4-5-7-16-11/h4-7,12-13,18H,8-10H2,1-3H3. The molecular formula is C15H22N2O4. The van der Waals surface area contributed by atoms with Gasteiger partial charge in [-0.05, 0) is 32.9 Å². The molecule has 1 fully saturated rings. The minimum atomic E-state index is -0.864. The van der Waals surface area contributed by atoms with E-state index in [9.17, 15) is 9.90 Å². The highest BCUT2D eigenvalue weighted by Crippen LogP contribution is 2.21. The van der Waals surface area contributed by atoms with Gasteiger partial charge in [0, 0.05) is 12.7 Å². The zero-order chi connectivity index (χ0) is 15.5. The number of pyridine rings is 1. The van der Waals surface area contributed by atoms with Crippen LogP contribution in [0.3, 0.4) is 0 Å². The molecule has 6 nitrogen and oxygen atoms in total. The summed E-state index contributed by atoms with van der Waals surface area (Å²) in [5, 5.41) is 10.3. The molecule has 2 heterocycles. The minimum Gasteiger partial charge on any atom is -0.444 e. The molecule has 1 amide bonds. The van der Waals surface area contributed by atoms with Gasteiger partial charge in [-0.25, -0.2) is 4.79 Å². The maximum Gasteiger partial charge on any atom is 0.410 e. The summed E-state index contributed by atoms with van der Waals surface area (Å²) in [5.41, 5.74) is -0.00153. The number of morpholine rings is 1. The summed E-state index contributed by atoms with van der Waals surface area (Å²) in [6.07, 6.45) is -0.130. The molecule has 0 aliphatic carbocycles. The van der Waals surface area contributed by atoms with Crippen LogP contribution in [0.5, 0.6) is 0 Å². The summed E-state index contributed by atoms with van der Waals surface area (Å²) in [5.74, 6) is 0. The Hall–Kier alpha value is -1.66. The van der Waals surface area contributed by atoms with Crippen LogP contribution in [0.2, 0.25) is 0 Å². The molecule has 1 N–H and O–H groups in total. The lowest BCUT2D eigenvalue weighted by molar-refractivity contribution is -0.0918. The number of aliphatic hydroxyl groups excluding tert-OH is 1. The number of nitrogens with zero attached hydrogens (tertiary/aromatic N) is 2. The predicted octanol–water partition coefficient (Wildman–Crippen LogP) is 1.75. The Morgan fingerprint density at radius 1 is 1.52 bits per heavy atom. The lowest BCUT2D eigenvalue weighted by Gasteiger charge is -2.35. The average molecular weight is 294 g/mol. The Balaban J connectivity index is 1.99. The van der Waals surface area contributed by atoms with Crippen molar-refractivity contribution in [1.29, 1.82) is 0 Å². The van der Waals surface area contributed by atoms with E-state index in [0.717, 1.165) is 0 Å². The molecule has 0 radical (unpaired) electrons. The molecule has 0 saturated carbocycles. The van der Waals surface area contributed by atoms with Crippen molar-refractivity contribution in [1.82, 2.24) is 9.88 Å². The second kappa shape index (κ2) is 6.41. The fraction of sp³-hybridized carbons (Fsp3) is 0.600. The number of aromatic nitrogens is 1. The normalized spacial score (nSPS) is 21.0. The first-order chi connectivity index (χ1) is 9.87. The molecule has 1 aromatic rings. The van der Waals surface area contributed by atoms with E-state index in [0.29, 0.717) is 18.8 Å². The highest BCUT2D eigenvalue weighted by Gasteiger charge is 2.32. The maximum atomic E-state index is 12.1. The Bertz CT molecular complexity index is 472. The molecule has 2 rings (SSSR count). The van der Waals surface area contributed by atoms with E-state index in [1.165, 1.54) is 0 Å². The third kappa shape index (κ3) is 4.41. The van der Waals surface area contributed by atoms with E-state index in [1.54, 1.807) is 29.3 Å². The molecule has 0 aromatic carbocycles. The van der Waals surface area contributed by atoms with Crippen molar-refractivity contribution >= 4 is 6.09 Å². The number of ether oxygens (including phenoxy) is 2. The van der Waals surface area contributed by atoms with E-state index in [-0.39, 0.29) is 12.6 Å². The summed E-state index contributed by atoms with van der Waals surface area (Å²) >= 11 is 0. The topological polar surface area (TPSA) is 71.9 Å². The fourth-order valence-corrected chi connectivity index (χ4v) is 2.10. The van der Waals surface area contributed by atoms with Crippen molar-refractivity contribution in [3.05, 3.63) is 30.1 Å². The predicted molar refractivity (Wildman–Crippen MR) is 76.7 cm³/mol. The lowest BCUT2D eigenvalue weighted by atomic mass is 10.1. The highest BCUT2D eigenvalue weighted by atomic mass is 16.6. The molecule has 116 valence electrons. The third-order valence-corrected chi connectivity index (χ3v) is 3.09. The number of hydrogen-bond donors (Lipinski definition) is 1. The van der Waals surface area contributed by atoms with Gasteiger partial charge in [-0.3, -0.25) is 4.98 Å². The quantitative estimate of drug-likeness (QED) is 0.899. The van der Waals surface area contributed by atoms with Crippen LogP contribution in [0.4, 0.5) is 4.79 Å². The van der Waals surface area contributed by atoms with Gasteiger partial charge < -0.3 is 19.5 Å². The van der Waals surface area contributed by atoms with E-state index < -0.39 is 17.8 Å². The van der Waals surface area contributed by atoms with Crippen LogP contribution < -0.4 is 0 Å². The van der Waals surface area contributed by atoms with Crippen molar-refractivity contribution in [2.24, 2.45) is 0 Å². The number of carbonyl (C=O) groups excluding carboxylic acids is 1. The smallest absolute Gasteiger partial charge is 0.410 e. The van der Waals surface area contributed by atoms with Crippen LogP contribution in [0, 0.1) is 0 Å². The summed E-state index contributed by atoms with van der Waals surface area (Å²) in [7, 11) is 0. The molecule has 1 saturated heterocycles. The average Bonchev–Trinajstić information content (AvgIpc) is 2.46. The van der Waals surface area contributed by atoms with E-state index >= 15 is 0 Å². The van der Waals surface area contributed by atoms with Crippen molar-refractivity contribution in [2.75, 3.05) is 19.7 Å². The summed E-state index contributed by atoms with van der Waals surface area (Å²) in [6, 6.07) is 5.32. The van der Waals surface area contributed by atoms with Crippen LogP contribution in [0.25, 0.3) is 0 Å². The van der Waals surface area contributed by atoms with Gasteiger partial charge >= 0.3 is 6.09 Å². The van der Waals surface area contributed by atoms with Gasteiger partial charge in [0.1, 0.15) is 17.8 Å². The van der Waals surface area contributed by atoms with E-state index in [4.69, 9.17) is 9.47 Å². The SMILES string of the molecule is CC(C)(C)OC(=O)N1CCOC(C(O)c2ccccn2)C1. The highest BCUT2D eigenvalue weighted by molar-refractivity contribution is 5.68. The molecule has 0 spiro atoms. The lowest BCUT2D eigenvalue weighted by Crippen LogP contribution is -2.49. The number of carbonyl (C=O) groups is 1. The summed E-state index contributed by atoms with van der Waals surface area (Å²) in [6.45, 7) is 6.59. The fourth-order valence-electron chi connectivity index (χ4n) is 2.10. The molecule has 2 atom stereocenters. The zero-order valence-electron chi connectivity index (χ0n) is 12.7. The van der Waals surface area contributed by atoms with E-state index in [2.05, 4.69) is 4.98 Å². The monoisotopic (exact) mass is 294 g/mol. The third-order valence-electron chi connectivity index (χ3n) is 3.09. The molecule has 21 heavy (non-hydrogen) atoms. The Morgan fingerprint density at radius 3 is 2.90 bits per heavy atom. The Morgan fingerprint density at radius 2 is 2.29 bits per heavy atom. The van der Waals surface area contributed by atoms with Gasteiger partial charge in [0.2, 0.25) is 0 Å². The van der Waals surface area contributed by atoms with Gasteiger partial charge in [-0.1, -0.05) is 6.07 Å². The van der Waals surface area contributed by atoms with Gasteiger partial charge in [0.25, 0.3) is 0 Å². The molecule has 1 aliphatic rings. The second-order valence-corrected chi connectivity index (χ2v) is 6.04. The van der Waals surface area contributed by atoms with Crippen molar-refractivity contribution in [2.45, 2.75) is 38.6 Å². The number of aliphatic hydroxyl groups is 1. The summed E-state index contributed by atoms with van der Waals surface area (Å²) < 4.78 is 10.9. The first-order valence-electron chi connectivity index (χ1n) is 7.05. The maximum absolute atomic E-state index is 12.1. The van der Waals surface area contributed by atoms with Crippen LogP contribution in [-0.2, 0) is 9.47 Å². The molecule has 6 heteroatoms. The van der Waals surface area contributed by atoms with Gasteiger partial charge in [0.15, 0.2) is 0 Å². The summed E-state index contributed by atoms with van der Waals surface area (Å²) in [4.78, 5) is 17.7. The number of rotatable bonds is 2. The molecule has 0 bridgehead atoms. The molecule has 1 aliphatic heterocycles. The number of hydrogen-bond acceptors (Lipinski definition) is 5. The van der Waals surface area contributed by atoms with Crippen molar-refractivity contribution in [3.8, 4) is 0 Å². The van der Waals surface area contributed by atoms with Crippen LogP contribution in [0.1, 0.15) is 32.6 Å². The first-order valence-corrected chi connectivity index (χ1v) is 7.05. The van der Waals surface area contributed by atoms with Gasteiger partial charge in [-0.2, -0.15) is 0 Å². The van der Waals surface area contributed by atoms with Gasteiger partial charge in [-0.15, -0.1) is 0 Å². The zero-order valence-corrected chi connectivity index (χ0v) is 12.7. The van der Waals surface area contributed by atoms with E-state index in [1.807, 2.05) is 20.8 Å². The minimum absolute atomic E-state index is 0.284. The van der Waals surface area contributed by atoms with Crippen molar-refractivity contribution in [3.63, 3.8) is 0 Å². The van der Waals surface area contributed by atoms with Crippen molar-refractivity contribution < 1.29 is 19.4 Å². The second-order valence-electron chi connectivity index (χ2n) is 6.04. The molecular weight excluding hydrogens is 272 g/mol. The Kier molecular flexibility index (Phi) is 4.80. The van der Waals surface area contributed by atoms with Crippen LogP contribution in [0.15, 0.2) is 24.4 Å². The van der Waals surface area contributed by atoms with Crippen LogP contribution >= 0.6 is 0 Å². The van der Waals surface area contributed by atoms with Gasteiger partial charge in [0.05, 0.1) is 18.8 Å². The molecule has 1 aromatic heterocycles. The number of amides is 1. The first kappa shape index (κ1) is 15.7. The Labute approximate surface area is 124 Å². The largest absolute Gasteiger partial charge is 0.444 e. The molecule has 2 unspecified atom stereocenters. The van der Waals surface area contributed by atoms with Crippen LogP contribution in [-0.4, -0.2) is 52.5 Å².